The molecule has 2 heterocycles. The van der Waals surface area contributed by atoms with Gasteiger partial charge in [0, 0.05) is 31.0 Å². The summed E-state index contributed by atoms with van der Waals surface area (Å²) < 4.78 is 30.7. The summed E-state index contributed by atoms with van der Waals surface area (Å²) in [6, 6.07) is 14.9. The molecule has 1 unspecified atom stereocenters. The highest BCUT2D eigenvalue weighted by atomic mass is 35.5. The minimum absolute atomic E-state index is 0.208. The maximum atomic E-state index is 12.3. The molecule has 5 rings (SSSR count). The average Bonchev–Trinajstić information content (AvgIpc) is 3.18. The predicted octanol–water partition coefficient (Wildman–Crippen LogP) is 5.99. The molecule has 0 saturated heterocycles. The Bertz CT molecular complexity index is 1370. The molecule has 0 radical (unpaired) electrons. The Labute approximate surface area is 202 Å². The van der Waals surface area contributed by atoms with Crippen molar-refractivity contribution in [1.82, 2.24) is 14.4 Å². The summed E-state index contributed by atoms with van der Waals surface area (Å²) in [6.45, 7) is 0.280. The van der Waals surface area contributed by atoms with E-state index in [0.29, 0.717) is 22.5 Å². The zero-order valence-corrected chi connectivity index (χ0v) is 20.2. The van der Waals surface area contributed by atoms with Gasteiger partial charge in [0.05, 0.1) is 5.69 Å². The van der Waals surface area contributed by atoms with Crippen LogP contribution in [-0.4, -0.2) is 21.5 Å². The van der Waals surface area contributed by atoms with Crippen LogP contribution in [-0.2, 0) is 15.7 Å². The molecule has 1 saturated carbocycles. The molecule has 0 spiro atoms. The fraction of sp³-hybridized carbons (Fsp3) is 0.250. The highest BCUT2D eigenvalue weighted by molar-refractivity contribution is 7.51. The molecule has 0 aliphatic heterocycles. The number of benzene rings is 2. The van der Waals surface area contributed by atoms with Crippen molar-refractivity contribution in [1.29, 1.82) is 0 Å². The Kier molecular flexibility index (Phi) is 6.32. The molecule has 10 heteroatoms. The topological polar surface area (TPSA) is 101 Å². The summed E-state index contributed by atoms with van der Waals surface area (Å²) in [5.41, 5.74) is 8.79. The third-order valence-corrected chi connectivity index (χ3v) is 7.18. The van der Waals surface area contributed by atoms with E-state index >= 15 is 0 Å². The lowest BCUT2D eigenvalue weighted by molar-refractivity contribution is 0.283. The van der Waals surface area contributed by atoms with Crippen LogP contribution in [0, 0.1) is 0 Å². The summed E-state index contributed by atoms with van der Waals surface area (Å²) in [5, 5.41) is 0.369. The van der Waals surface area contributed by atoms with Gasteiger partial charge in [0.2, 0.25) is 0 Å². The predicted molar refractivity (Wildman–Crippen MR) is 130 cm³/mol. The minimum atomic E-state index is -3.79. The van der Waals surface area contributed by atoms with Gasteiger partial charge < -0.3 is 9.26 Å². The van der Waals surface area contributed by atoms with E-state index in [9.17, 15) is 4.57 Å². The Morgan fingerprint density at radius 1 is 1.18 bits per heavy atom. The van der Waals surface area contributed by atoms with Crippen molar-refractivity contribution in [3.63, 3.8) is 0 Å². The first-order valence-corrected chi connectivity index (χ1v) is 12.9. The van der Waals surface area contributed by atoms with E-state index in [2.05, 4.69) is 4.98 Å². The second-order valence-corrected chi connectivity index (χ2v) is 10.1. The Hall–Kier alpha value is -2.90. The fourth-order valence-electron chi connectivity index (χ4n) is 3.93. The zero-order valence-electron chi connectivity index (χ0n) is 18.6. The molecule has 8 nitrogen and oxygen atoms in total. The van der Waals surface area contributed by atoms with Crippen molar-refractivity contribution in [2.45, 2.75) is 31.8 Å². The van der Waals surface area contributed by atoms with Crippen molar-refractivity contribution < 1.29 is 18.3 Å². The number of fused-ring (bicyclic) bond motifs is 1. The lowest BCUT2D eigenvalue weighted by Gasteiger charge is -2.23. The summed E-state index contributed by atoms with van der Waals surface area (Å²) in [4.78, 5) is 9.22. The van der Waals surface area contributed by atoms with E-state index in [1.54, 1.807) is 24.4 Å². The van der Waals surface area contributed by atoms with Gasteiger partial charge in [0.15, 0.2) is 16.7 Å². The lowest BCUT2D eigenvalue weighted by atomic mass is 9.85. The van der Waals surface area contributed by atoms with Crippen LogP contribution in [0.4, 0.5) is 0 Å². The van der Waals surface area contributed by atoms with E-state index in [1.165, 1.54) is 13.5 Å². The van der Waals surface area contributed by atoms with Crippen LogP contribution in [0.25, 0.3) is 16.8 Å². The summed E-state index contributed by atoms with van der Waals surface area (Å²) in [6.07, 6.45) is 6.95. The molecule has 1 fully saturated rings. The highest BCUT2D eigenvalue weighted by Gasteiger charge is 2.28. The van der Waals surface area contributed by atoms with Gasteiger partial charge in [-0.2, -0.15) is 0 Å². The summed E-state index contributed by atoms with van der Waals surface area (Å²) in [7, 11) is -2.56. The van der Waals surface area contributed by atoms with Crippen LogP contribution in [0.1, 0.15) is 36.6 Å². The number of hydrogen-bond donors (Lipinski definition) is 1. The van der Waals surface area contributed by atoms with Crippen molar-refractivity contribution in [2.75, 3.05) is 7.11 Å². The quantitative estimate of drug-likeness (QED) is 0.298. The summed E-state index contributed by atoms with van der Waals surface area (Å²) >= 11 is 6.51. The molecule has 176 valence electrons. The Morgan fingerprint density at radius 3 is 2.68 bits per heavy atom. The zero-order chi connectivity index (χ0) is 23.7. The minimum Gasteiger partial charge on any atom is -0.485 e. The number of hydrogen-bond acceptors (Lipinski definition) is 6. The Balaban J connectivity index is 1.58. The standard InChI is InChI=1S/C24H24ClN4O4P/c1-31-34(26,30)33-19-11-10-18(14-20(19)32-15-16-6-3-2-4-7-16)21-22-23(25)27-12-13-29(22)24(28-21)17-8-5-9-17/h2-4,6-7,10-14,17H,5,8-9,15H2,1H3,(H2,26,30). The molecular formula is C24H24ClN4O4P. The van der Waals surface area contributed by atoms with Gasteiger partial charge in [-0.25, -0.2) is 20.0 Å². The van der Waals surface area contributed by atoms with Crippen molar-refractivity contribution in [3.05, 3.63) is 77.5 Å². The third kappa shape index (κ3) is 4.55. The molecule has 2 aromatic heterocycles. The average molecular weight is 499 g/mol. The highest BCUT2D eigenvalue weighted by Crippen LogP contribution is 2.45. The Morgan fingerprint density at radius 2 is 1.97 bits per heavy atom. The molecule has 2 N–H and O–H groups in total. The number of ether oxygens (including phenoxy) is 1. The second kappa shape index (κ2) is 9.39. The van der Waals surface area contributed by atoms with Gasteiger partial charge in [0.1, 0.15) is 17.9 Å². The van der Waals surface area contributed by atoms with Crippen molar-refractivity contribution in [2.24, 2.45) is 5.50 Å². The van der Waals surface area contributed by atoms with Crippen LogP contribution in [0.3, 0.4) is 0 Å². The van der Waals surface area contributed by atoms with Crippen LogP contribution in [0.5, 0.6) is 11.5 Å². The SMILES string of the molecule is COP(N)(=O)Oc1ccc(-c2nc(C3CCC3)n3ccnc(Cl)c23)cc1OCc1ccccc1. The van der Waals surface area contributed by atoms with E-state index in [0.717, 1.165) is 35.3 Å². The molecule has 1 aliphatic rings. The number of nitrogens with zero attached hydrogens (tertiary/aromatic N) is 3. The molecule has 1 atom stereocenters. The molecule has 0 amide bonds. The van der Waals surface area contributed by atoms with E-state index in [-0.39, 0.29) is 12.4 Å². The lowest BCUT2D eigenvalue weighted by Crippen LogP contribution is -2.12. The second-order valence-electron chi connectivity index (χ2n) is 8.13. The van der Waals surface area contributed by atoms with E-state index in [1.807, 2.05) is 40.9 Å². The number of imidazole rings is 1. The first-order valence-electron chi connectivity index (χ1n) is 10.9. The molecule has 2 aromatic carbocycles. The van der Waals surface area contributed by atoms with E-state index in [4.69, 9.17) is 35.9 Å². The normalized spacial score (nSPS) is 15.6. The van der Waals surface area contributed by atoms with Gasteiger partial charge >= 0.3 is 7.75 Å². The van der Waals surface area contributed by atoms with Crippen LogP contribution in [0.2, 0.25) is 5.15 Å². The first kappa shape index (κ1) is 22.9. The van der Waals surface area contributed by atoms with Crippen LogP contribution >= 0.6 is 19.3 Å². The van der Waals surface area contributed by atoms with Gasteiger partial charge in [-0.15, -0.1) is 0 Å². The van der Waals surface area contributed by atoms with Crippen molar-refractivity contribution in [3.8, 4) is 22.8 Å². The largest absolute Gasteiger partial charge is 0.485 e. The van der Waals surface area contributed by atoms with Crippen molar-refractivity contribution >= 4 is 24.9 Å². The number of aromatic nitrogens is 3. The fourth-order valence-corrected chi connectivity index (χ4v) is 4.67. The monoisotopic (exact) mass is 498 g/mol. The van der Waals surface area contributed by atoms with Gasteiger partial charge in [-0.3, -0.25) is 8.92 Å². The number of nitrogens with two attached hydrogens (primary N) is 1. The molecule has 1 aliphatic carbocycles. The molecule has 4 aromatic rings. The van der Waals surface area contributed by atoms with Crippen LogP contribution < -0.4 is 14.8 Å². The molecular weight excluding hydrogens is 475 g/mol. The number of halogens is 1. The van der Waals surface area contributed by atoms with Gasteiger partial charge in [-0.1, -0.05) is 48.4 Å². The van der Waals surface area contributed by atoms with E-state index < -0.39 is 7.75 Å². The van der Waals surface area contributed by atoms with Gasteiger partial charge in [-0.05, 0) is 36.6 Å². The van der Waals surface area contributed by atoms with Gasteiger partial charge in [0.25, 0.3) is 0 Å². The molecule has 0 bridgehead atoms. The smallest absolute Gasteiger partial charge is 0.455 e. The first-order chi connectivity index (χ1) is 16.4. The molecule has 34 heavy (non-hydrogen) atoms. The summed E-state index contributed by atoms with van der Waals surface area (Å²) in [5.74, 6) is 1.93. The maximum Gasteiger partial charge on any atom is 0.455 e. The maximum absolute atomic E-state index is 12.3. The number of rotatable bonds is 8. The van der Waals surface area contributed by atoms with Crippen LogP contribution in [0.15, 0.2) is 60.9 Å². The third-order valence-electron chi connectivity index (χ3n) is 5.94.